The second-order valence-corrected chi connectivity index (χ2v) is 5.83. The molecule has 24 heavy (non-hydrogen) atoms. The SMILES string of the molecule is CC(=O)N1CCCNC(=O)c2cc(Cl)ccc2OCCNC(=O)C1. The second kappa shape index (κ2) is 8.54. The summed E-state index contributed by atoms with van der Waals surface area (Å²) in [7, 11) is 0. The van der Waals surface area contributed by atoms with Crippen LogP contribution in [0.4, 0.5) is 0 Å². The standard InChI is InChI=1S/C16H20ClN3O4/c1-11(21)20-7-2-5-19-16(23)13-9-12(17)3-4-14(13)24-8-6-18-15(22)10-20/h3-4,9H,2,5-8,10H2,1H3,(H,18,22)(H,19,23). The van der Waals surface area contributed by atoms with Crippen molar-refractivity contribution >= 4 is 29.3 Å². The first-order valence-corrected chi connectivity index (χ1v) is 8.08. The number of carbonyl (C=O) groups is 3. The Bertz CT molecular complexity index is 636. The zero-order valence-corrected chi connectivity index (χ0v) is 14.2. The maximum absolute atomic E-state index is 12.3. The lowest BCUT2D eigenvalue weighted by Gasteiger charge is -2.21. The van der Waals surface area contributed by atoms with Gasteiger partial charge in [0.2, 0.25) is 11.8 Å². The Kier molecular flexibility index (Phi) is 6.43. The third-order valence-corrected chi connectivity index (χ3v) is 3.77. The van der Waals surface area contributed by atoms with E-state index in [-0.39, 0.29) is 37.4 Å². The average molecular weight is 354 g/mol. The van der Waals surface area contributed by atoms with E-state index in [1.54, 1.807) is 18.2 Å². The number of hydrogen-bond donors (Lipinski definition) is 2. The molecule has 0 aromatic heterocycles. The summed E-state index contributed by atoms with van der Waals surface area (Å²) in [4.78, 5) is 37.2. The number of halogens is 1. The summed E-state index contributed by atoms with van der Waals surface area (Å²) in [6.45, 7) is 2.64. The maximum Gasteiger partial charge on any atom is 0.255 e. The predicted molar refractivity (Wildman–Crippen MR) is 89.2 cm³/mol. The van der Waals surface area contributed by atoms with E-state index in [4.69, 9.17) is 16.3 Å². The molecule has 1 aliphatic heterocycles. The van der Waals surface area contributed by atoms with Gasteiger partial charge in [-0.05, 0) is 24.6 Å². The molecule has 0 aliphatic carbocycles. The van der Waals surface area contributed by atoms with Crippen molar-refractivity contribution in [3.63, 3.8) is 0 Å². The molecule has 130 valence electrons. The highest BCUT2D eigenvalue weighted by Gasteiger charge is 2.16. The summed E-state index contributed by atoms with van der Waals surface area (Å²) in [5, 5.41) is 5.90. The lowest BCUT2D eigenvalue weighted by molar-refractivity contribution is -0.134. The molecule has 7 nitrogen and oxygen atoms in total. The van der Waals surface area contributed by atoms with Gasteiger partial charge in [-0.1, -0.05) is 11.6 Å². The molecule has 1 aromatic carbocycles. The molecule has 0 spiro atoms. The Morgan fingerprint density at radius 3 is 2.79 bits per heavy atom. The average Bonchev–Trinajstić information content (AvgIpc) is 2.54. The van der Waals surface area contributed by atoms with E-state index in [9.17, 15) is 14.4 Å². The number of amides is 3. The second-order valence-electron chi connectivity index (χ2n) is 5.39. The highest BCUT2D eigenvalue weighted by molar-refractivity contribution is 6.31. The molecule has 3 amide bonds. The van der Waals surface area contributed by atoms with Gasteiger partial charge in [0.15, 0.2) is 0 Å². The number of hydrogen-bond acceptors (Lipinski definition) is 4. The van der Waals surface area contributed by atoms with Crippen molar-refractivity contribution in [3.05, 3.63) is 28.8 Å². The van der Waals surface area contributed by atoms with Gasteiger partial charge in [-0.3, -0.25) is 14.4 Å². The van der Waals surface area contributed by atoms with Crippen LogP contribution >= 0.6 is 11.6 Å². The molecular weight excluding hydrogens is 334 g/mol. The van der Waals surface area contributed by atoms with Gasteiger partial charge in [-0.25, -0.2) is 0 Å². The highest BCUT2D eigenvalue weighted by Crippen LogP contribution is 2.23. The maximum atomic E-state index is 12.3. The van der Waals surface area contributed by atoms with Crippen LogP contribution in [0.15, 0.2) is 18.2 Å². The fourth-order valence-corrected chi connectivity index (χ4v) is 2.47. The number of ether oxygens (including phenoxy) is 1. The molecule has 0 fully saturated rings. The third-order valence-electron chi connectivity index (χ3n) is 3.54. The Morgan fingerprint density at radius 2 is 2.04 bits per heavy atom. The van der Waals surface area contributed by atoms with Crippen LogP contribution in [0.25, 0.3) is 0 Å². The Morgan fingerprint density at radius 1 is 1.25 bits per heavy atom. The van der Waals surface area contributed by atoms with Crippen molar-refractivity contribution < 1.29 is 19.1 Å². The number of fused-ring (bicyclic) bond motifs is 1. The van der Waals surface area contributed by atoms with E-state index in [0.717, 1.165) is 0 Å². The Hall–Kier alpha value is -2.28. The van der Waals surface area contributed by atoms with Crippen LogP contribution in [-0.2, 0) is 9.59 Å². The zero-order valence-electron chi connectivity index (χ0n) is 13.4. The van der Waals surface area contributed by atoms with Crippen molar-refractivity contribution in [3.8, 4) is 5.75 Å². The van der Waals surface area contributed by atoms with Crippen LogP contribution in [0.5, 0.6) is 5.75 Å². The van der Waals surface area contributed by atoms with Crippen molar-refractivity contribution in [2.45, 2.75) is 13.3 Å². The summed E-state index contributed by atoms with van der Waals surface area (Å²) < 4.78 is 5.57. The van der Waals surface area contributed by atoms with Gasteiger partial charge in [0, 0.05) is 25.0 Å². The number of benzene rings is 1. The molecule has 2 rings (SSSR count). The molecule has 1 heterocycles. The van der Waals surface area contributed by atoms with Crippen molar-refractivity contribution in [2.24, 2.45) is 0 Å². The smallest absolute Gasteiger partial charge is 0.255 e. The van der Waals surface area contributed by atoms with E-state index in [0.29, 0.717) is 35.8 Å². The summed E-state index contributed by atoms with van der Waals surface area (Å²) in [5.74, 6) is -0.306. The molecular formula is C16H20ClN3O4. The van der Waals surface area contributed by atoms with Gasteiger partial charge in [0.25, 0.3) is 5.91 Å². The minimum absolute atomic E-state index is 0.00449. The first-order valence-electron chi connectivity index (χ1n) is 7.70. The van der Waals surface area contributed by atoms with E-state index in [2.05, 4.69) is 10.6 Å². The van der Waals surface area contributed by atoms with E-state index in [1.165, 1.54) is 11.8 Å². The topological polar surface area (TPSA) is 87.7 Å². The molecule has 8 heteroatoms. The number of rotatable bonds is 0. The minimum Gasteiger partial charge on any atom is -0.491 e. The summed E-state index contributed by atoms with van der Waals surface area (Å²) in [6, 6.07) is 4.81. The van der Waals surface area contributed by atoms with Gasteiger partial charge in [-0.2, -0.15) is 0 Å². The number of nitrogens with one attached hydrogen (secondary N) is 2. The molecule has 0 unspecified atom stereocenters. The fraction of sp³-hybridized carbons (Fsp3) is 0.438. The summed E-state index contributed by atoms with van der Waals surface area (Å²) in [5.41, 5.74) is 0.342. The van der Waals surface area contributed by atoms with Gasteiger partial charge < -0.3 is 20.3 Å². The van der Waals surface area contributed by atoms with Gasteiger partial charge in [-0.15, -0.1) is 0 Å². The van der Waals surface area contributed by atoms with Crippen LogP contribution in [0.1, 0.15) is 23.7 Å². The van der Waals surface area contributed by atoms with E-state index >= 15 is 0 Å². The van der Waals surface area contributed by atoms with E-state index in [1.807, 2.05) is 0 Å². The van der Waals surface area contributed by atoms with Crippen LogP contribution < -0.4 is 15.4 Å². The third kappa shape index (κ3) is 5.13. The van der Waals surface area contributed by atoms with Crippen molar-refractivity contribution in [1.29, 1.82) is 0 Å². The van der Waals surface area contributed by atoms with Crippen LogP contribution in [-0.4, -0.2) is 55.4 Å². The van der Waals surface area contributed by atoms with Crippen LogP contribution in [0.3, 0.4) is 0 Å². The van der Waals surface area contributed by atoms with Gasteiger partial charge in [0.1, 0.15) is 12.4 Å². The van der Waals surface area contributed by atoms with Gasteiger partial charge >= 0.3 is 0 Å². The number of nitrogens with zero attached hydrogens (tertiary/aromatic N) is 1. The molecule has 0 saturated carbocycles. The molecule has 2 N–H and O–H groups in total. The Labute approximate surface area is 145 Å². The lowest BCUT2D eigenvalue weighted by Crippen LogP contribution is -2.42. The van der Waals surface area contributed by atoms with Crippen molar-refractivity contribution in [2.75, 3.05) is 32.8 Å². The zero-order chi connectivity index (χ0) is 17.5. The molecule has 0 saturated heterocycles. The molecule has 0 radical (unpaired) electrons. The molecule has 0 bridgehead atoms. The summed E-state index contributed by atoms with van der Waals surface area (Å²) in [6.07, 6.45) is 0.537. The first-order chi connectivity index (χ1) is 11.5. The Balaban J connectivity index is 2.13. The highest BCUT2D eigenvalue weighted by atomic mass is 35.5. The van der Waals surface area contributed by atoms with Crippen LogP contribution in [0, 0.1) is 0 Å². The number of carbonyl (C=O) groups excluding carboxylic acids is 3. The molecule has 1 aliphatic rings. The van der Waals surface area contributed by atoms with E-state index < -0.39 is 0 Å². The summed E-state index contributed by atoms with van der Waals surface area (Å²) >= 11 is 5.95. The monoisotopic (exact) mass is 353 g/mol. The van der Waals surface area contributed by atoms with Crippen LogP contribution in [0.2, 0.25) is 5.02 Å². The van der Waals surface area contributed by atoms with Gasteiger partial charge in [0.05, 0.1) is 18.7 Å². The molecule has 1 aromatic rings. The van der Waals surface area contributed by atoms with Crippen molar-refractivity contribution in [1.82, 2.24) is 15.5 Å². The largest absolute Gasteiger partial charge is 0.491 e. The normalized spacial score (nSPS) is 17.0. The molecule has 0 atom stereocenters. The predicted octanol–water partition coefficient (Wildman–Crippen LogP) is 0.817. The quantitative estimate of drug-likeness (QED) is 0.722. The first kappa shape index (κ1) is 18.1. The lowest BCUT2D eigenvalue weighted by atomic mass is 10.2. The fourth-order valence-electron chi connectivity index (χ4n) is 2.30. The minimum atomic E-state index is -0.289.